The van der Waals surface area contributed by atoms with Crippen molar-refractivity contribution in [2.24, 2.45) is 5.92 Å². The molecule has 0 aromatic heterocycles. The van der Waals surface area contributed by atoms with Crippen LogP contribution in [0.3, 0.4) is 0 Å². The molecule has 0 amide bonds. The van der Waals surface area contributed by atoms with Gasteiger partial charge in [0.1, 0.15) is 0 Å². The van der Waals surface area contributed by atoms with Crippen molar-refractivity contribution in [3.8, 4) is 0 Å². The molecule has 106 valence electrons. The van der Waals surface area contributed by atoms with Crippen LogP contribution in [-0.4, -0.2) is 35.1 Å². The van der Waals surface area contributed by atoms with E-state index in [0.717, 1.165) is 12.0 Å². The van der Waals surface area contributed by atoms with Gasteiger partial charge in [0.05, 0.1) is 0 Å². The Kier molecular flexibility index (Phi) is 4.08. The highest BCUT2D eigenvalue weighted by Gasteiger charge is 2.47. The fourth-order valence-corrected chi connectivity index (χ4v) is 3.82. The van der Waals surface area contributed by atoms with Crippen LogP contribution in [0.25, 0.3) is 0 Å². The van der Waals surface area contributed by atoms with Crippen LogP contribution in [0, 0.1) is 5.92 Å². The predicted octanol–water partition coefficient (Wildman–Crippen LogP) is 3.42. The first-order valence-electron chi connectivity index (χ1n) is 7.98. The second-order valence-corrected chi connectivity index (χ2v) is 7.16. The summed E-state index contributed by atoms with van der Waals surface area (Å²) < 4.78 is 0. The van der Waals surface area contributed by atoms with Gasteiger partial charge in [-0.3, -0.25) is 4.90 Å². The zero-order chi connectivity index (χ0) is 13.4. The van der Waals surface area contributed by atoms with Gasteiger partial charge in [-0.2, -0.15) is 0 Å². The summed E-state index contributed by atoms with van der Waals surface area (Å²) in [4.78, 5) is 2.87. The summed E-state index contributed by atoms with van der Waals surface area (Å²) in [7, 11) is 0. The molecule has 1 heterocycles. The normalized spacial score (nSPS) is 31.3. The Labute approximate surface area is 114 Å². The van der Waals surface area contributed by atoms with Gasteiger partial charge in [-0.1, -0.05) is 27.7 Å². The molecule has 0 radical (unpaired) electrons. The number of hydrogen-bond acceptors (Lipinski definition) is 2. The van der Waals surface area contributed by atoms with Crippen molar-refractivity contribution < 1.29 is 0 Å². The average molecular weight is 252 g/mol. The molecule has 2 fully saturated rings. The van der Waals surface area contributed by atoms with Gasteiger partial charge in [0.2, 0.25) is 0 Å². The van der Waals surface area contributed by atoms with Crippen molar-refractivity contribution in [2.45, 2.75) is 83.8 Å². The average Bonchev–Trinajstić information content (AvgIpc) is 2.35. The lowest BCUT2D eigenvalue weighted by Gasteiger charge is -2.59. The lowest BCUT2D eigenvalue weighted by Crippen LogP contribution is -2.71. The van der Waals surface area contributed by atoms with Gasteiger partial charge >= 0.3 is 0 Å². The summed E-state index contributed by atoms with van der Waals surface area (Å²) in [6.07, 6.45) is 6.73. The summed E-state index contributed by atoms with van der Waals surface area (Å²) in [5, 5.41) is 3.87. The second-order valence-electron chi connectivity index (χ2n) is 7.16. The molecule has 1 aliphatic carbocycles. The van der Waals surface area contributed by atoms with E-state index >= 15 is 0 Å². The Morgan fingerprint density at radius 2 is 1.83 bits per heavy atom. The molecular formula is C16H32N2. The zero-order valence-electron chi connectivity index (χ0n) is 13.1. The highest BCUT2D eigenvalue weighted by molar-refractivity contribution is 5.05. The number of rotatable bonds is 4. The number of nitrogens with zero attached hydrogens (tertiary/aromatic N) is 1. The van der Waals surface area contributed by atoms with Crippen LogP contribution in [0.1, 0.15) is 66.7 Å². The van der Waals surface area contributed by atoms with Crippen LogP contribution in [0.4, 0.5) is 0 Å². The quantitative estimate of drug-likeness (QED) is 0.825. The minimum atomic E-state index is 0.365. The van der Waals surface area contributed by atoms with Crippen LogP contribution in [0.2, 0.25) is 0 Å². The molecule has 1 saturated carbocycles. The van der Waals surface area contributed by atoms with E-state index in [1.165, 1.54) is 45.2 Å². The van der Waals surface area contributed by atoms with Crippen molar-refractivity contribution in [1.82, 2.24) is 10.2 Å². The molecule has 1 aliphatic heterocycles. The minimum absolute atomic E-state index is 0.365. The Morgan fingerprint density at radius 1 is 1.22 bits per heavy atom. The van der Waals surface area contributed by atoms with Crippen molar-refractivity contribution in [3.63, 3.8) is 0 Å². The topological polar surface area (TPSA) is 15.3 Å². The third kappa shape index (κ3) is 2.34. The molecule has 1 unspecified atom stereocenters. The SMILES string of the molecule is CCC1(CC)CN(C2(C)CCC2)C(C(C)C)CN1. The van der Waals surface area contributed by atoms with Gasteiger partial charge in [0.25, 0.3) is 0 Å². The van der Waals surface area contributed by atoms with Crippen molar-refractivity contribution >= 4 is 0 Å². The highest BCUT2D eigenvalue weighted by Crippen LogP contribution is 2.42. The van der Waals surface area contributed by atoms with Crippen LogP contribution in [0.15, 0.2) is 0 Å². The summed E-state index contributed by atoms with van der Waals surface area (Å²) in [5.41, 5.74) is 0.858. The van der Waals surface area contributed by atoms with Crippen LogP contribution in [-0.2, 0) is 0 Å². The maximum atomic E-state index is 3.87. The van der Waals surface area contributed by atoms with E-state index in [-0.39, 0.29) is 0 Å². The van der Waals surface area contributed by atoms with Gasteiger partial charge < -0.3 is 5.32 Å². The Balaban J connectivity index is 2.18. The molecule has 0 aromatic carbocycles. The summed E-state index contributed by atoms with van der Waals surface area (Å²) in [6, 6.07) is 0.724. The van der Waals surface area contributed by atoms with Gasteiger partial charge in [0, 0.05) is 30.2 Å². The van der Waals surface area contributed by atoms with Crippen LogP contribution < -0.4 is 5.32 Å². The fourth-order valence-electron chi connectivity index (χ4n) is 3.82. The highest BCUT2D eigenvalue weighted by atomic mass is 15.3. The molecule has 18 heavy (non-hydrogen) atoms. The zero-order valence-corrected chi connectivity index (χ0v) is 13.1. The Hall–Kier alpha value is -0.0800. The summed E-state index contributed by atoms with van der Waals surface area (Å²) in [6.45, 7) is 14.4. The predicted molar refractivity (Wildman–Crippen MR) is 78.9 cm³/mol. The lowest BCUT2D eigenvalue weighted by molar-refractivity contribution is -0.0642. The smallest absolute Gasteiger partial charge is 0.0304 e. The van der Waals surface area contributed by atoms with Gasteiger partial charge in [-0.15, -0.1) is 0 Å². The van der Waals surface area contributed by atoms with Crippen LogP contribution in [0.5, 0.6) is 0 Å². The van der Waals surface area contributed by atoms with E-state index in [2.05, 4.69) is 44.8 Å². The molecule has 2 aliphatic rings. The summed E-state index contributed by atoms with van der Waals surface area (Å²) in [5.74, 6) is 0.752. The van der Waals surface area contributed by atoms with E-state index in [4.69, 9.17) is 0 Å². The van der Waals surface area contributed by atoms with Crippen molar-refractivity contribution in [3.05, 3.63) is 0 Å². The number of hydrogen-bond donors (Lipinski definition) is 1. The first-order chi connectivity index (χ1) is 8.46. The van der Waals surface area contributed by atoms with Crippen molar-refractivity contribution in [1.29, 1.82) is 0 Å². The largest absolute Gasteiger partial charge is 0.308 e. The third-order valence-corrected chi connectivity index (χ3v) is 5.81. The van der Waals surface area contributed by atoms with E-state index < -0.39 is 0 Å². The molecule has 1 N–H and O–H groups in total. The van der Waals surface area contributed by atoms with E-state index in [1.807, 2.05) is 0 Å². The van der Waals surface area contributed by atoms with Gasteiger partial charge in [-0.05, 0) is 44.9 Å². The number of nitrogens with one attached hydrogen (secondary N) is 1. The van der Waals surface area contributed by atoms with E-state index in [0.29, 0.717) is 11.1 Å². The Morgan fingerprint density at radius 3 is 2.22 bits per heavy atom. The van der Waals surface area contributed by atoms with Crippen molar-refractivity contribution in [2.75, 3.05) is 13.1 Å². The molecule has 2 rings (SSSR count). The molecule has 0 bridgehead atoms. The number of piperazine rings is 1. The molecule has 0 spiro atoms. The maximum Gasteiger partial charge on any atom is 0.0304 e. The van der Waals surface area contributed by atoms with Gasteiger partial charge in [0.15, 0.2) is 0 Å². The standard InChI is InChI=1S/C16H32N2/c1-6-16(7-2)12-18(15(5)9-8-10-15)14(11-17-16)13(3)4/h13-14,17H,6-12H2,1-5H3. The lowest BCUT2D eigenvalue weighted by atomic mass is 9.73. The van der Waals surface area contributed by atoms with Gasteiger partial charge in [-0.25, -0.2) is 0 Å². The fraction of sp³-hybridized carbons (Fsp3) is 1.00. The Bertz CT molecular complexity index is 277. The maximum absolute atomic E-state index is 3.87. The molecule has 0 aromatic rings. The molecule has 2 heteroatoms. The third-order valence-electron chi connectivity index (χ3n) is 5.81. The minimum Gasteiger partial charge on any atom is -0.308 e. The summed E-state index contributed by atoms with van der Waals surface area (Å²) >= 11 is 0. The first-order valence-corrected chi connectivity index (χ1v) is 7.98. The molecule has 1 atom stereocenters. The first kappa shape index (κ1) is 14.3. The van der Waals surface area contributed by atoms with E-state index in [1.54, 1.807) is 0 Å². The van der Waals surface area contributed by atoms with E-state index in [9.17, 15) is 0 Å². The monoisotopic (exact) mass is 252 g/mol. The second kappa shape index (κ2) is 5.13. The molecule has 1 saturated heterocycles. The van der Waals surface area contributed by atoms with Crippen LogP contribution >= 0.6 is 0 Å². The molecule has 2 nitrogen and oxygen atoms in total. The molecular weight excluding hydrogens is 220 g/mol.